The predicted molar refractivity (Wildman–Crippen MR) is 136 cm³/mol. The number of rotatable bonds is 5. The zero-order chi connectivity index (χ0) is 24.4. The lowest BCUT2D eigenvalue weighted by molar-refractivity contribution is 0.0827. The summed E-state index contributed by atoms with van der Waals surface area (Å²) in [6, 6.07) is 11.7. The molecule has 0 radical (unpaired) electrons. The fourth-order valence-corrected chi connectivity index (χ4v) is 4.49. The van der Waals surface area contributed by atoms with Crippen molar-refractivity contribution in [2.45, 2.75) is 6.42 Å². The molecule has 2 amide bonds. The summed E-state index contributed by atoms with van der Waals surface area (Å²) in [7, 11) is 3.52. The second kappa shape index (κ2) is 9.76. The molecule has 0 atom stereocenters. The van der Waals surface area contributed by atoms with Crippen molar-refractivity contribution in [2.24, 2.45) is 0 Å². The van der Waals surface area contributed by atoms with Crippen LogP contribution in [0.4, 0.5) is 5.69 Å². The lowest BCUT2D eigenvalue weighted by atomic mass is 10.0. The van der Waals surface area contributed by atoms with Crippen LogP contribution in [0.5, 0.6) is 0 Å². The van der Waals surface area contributed by atoms with Crippen molar-refractivity contribution >= 4 is 29.7 Å². The fourth-order valence-electron chi connectivity index (χ4n) is 4.49. The van der Waals surface area contributed by atoms with Gasteiger partial charge in [0, 0.05) is 74.5 Å². The minimum absolute atomic E-state index is 0.0215. The van der Waals surface area contributed by atoms with Gasteiger partial charge in [0.25, 0.3) is 11.8 Å². The molecule has 0 spiro atoms. The van der Waals surface area contributed by atoms with E-state index in [9.17, 15) is 9.59 Å². The van der Waals surface area contributed by atoms with E-state index >= 15 is 0 Å². The lowest BCUT2D eigenvalue weighted by Crippen LogP contribution is -2.36. The number of aromatic amines is 1. The van der Waals surface area contributed by atoms with Crippen molar-refractivity contribution in [2.75, 3.05) is 51.8 Å². The second-order valence-corrected chi connectivity index (χ2v) is 8.96. The van der Waals surface area contributed by atoms with Gasteiger partial charge in [-0.15, -0.1) is 0 Å². The third-order valence-corrected chi connectivity index (χ3v) is 6.37. The minimum Gasteiger partial charge on any atom is -0.378 e. The first-order valence-electron chi connectivity index (χ1n) is 11.8. The molecule has 2 aliphatic rings. The number of nitrogens with one attached hydrogen (secondary N) is 2. The number of carbonyl (C=O) groups excluding carboxylic acids is 2. The first-order valence-corrected chi connectivity index (χ1v) is 11.8. The Labute approximate surface area is 204 Å². The topological polar surface area (TPSA) is 90.6 Å². The summed E-state index contributed by atoms with van der Waals surface area (Å²) in [4.78, 5) is 36.4. The maximum absolute atomic E-state index is 12.6. The van der Waals surface area contributed by atoms with Gasteiger partial charge in [0.15, 0.2) is 0 Å². The molecule has 5 rings (SSSR count). The fraction of sp³-hybridized carbons (Fsp3) is 0.296. The van der Waals surface area contributed by atoms with E-state index in [1.54, 1.807) is 25.2 Å². The number of aromatic nitrogens is 2. The Kier molecular flexibility index (Phi) is 6.37. The van der Waals surface area contributed by atoms with E-state index in [4.69, 9.17) is 4.74 Å². The van der Waals surface area contributed by atoms with Crippen molar-refractivity contribution in [1.29, 1.82) is 0 Å². The van der Waals surface area contributed by atoms with Crippen LogP contribution in [0.3, 0.4) is 0 Å². The molecule has 1 saturated heterocycles. The monoisotopic (exact) mass is 471 g/mol. The molecule has 35 heavy (non-hydrogen) atoms. The Morgan fingerprint density at radius 1 is 1.11 bits per heavy atom. The van der Waals surface area contributed by atoms with E-state index in [-0.39, 0.29) is 11.8 Å². The molecular formula is C27H29N5O3. The summed E-state index contributed by atoms with van der Waals surface area (Å²) >= 11 is 0. The molecule has 3 aromatic rings. The van der Waals surface area contributed by atoms with Crippen molar-refractivity contribution < 1.29 is 14.3 Å². The Morgan fingerprint density at radius 2 is 1.94 bits per heavy atom. The van der Waals surface area contributed by atoms with E-state index in [1.165, 1.54) is 0 Å². The van der Waals surface area contributed by atoms with Gasteiger partial charge in [0.1, 0.15) is 0 Å². The van der Waals surface area contributed by atoms with Crippen LogP contribution in [0, 0.1) is 0 Å². The lowest BCUT2D eigenvalue weighted by Gasteiger charge is -2.30. The van der Waals surface area contributed by atoms with E-state index in [0.717, 1.165) is 53.4 Å². The number of morpholine rings is 1. The predicted octanol–water partition coefficient (Wildman–Crippen LogP) is 3.07. The summed E-state index contributed by atoms with van der Waals surface area (Å²) < 4.78 is 5.53. The molecule has 1 aromatic carbocycles. The van der Waals surface area contributed by atoms with Crippen molar-refractivity contribution in [3.8, 4) is 11.3 Å². The summed E-state index contributed by atoms with van der Waals surface area (Å²) in [6.07, 6.45) is 6.59. The quantitative estimate of drug-likeness (QED) is 0.597. The average Bonchev–Trinajstić information content (AvgIpc) is 3.33. The average molecular weight is 472 g/mol. The van der Waals surface area contributed by atoms with Crippen LogP contribution in [-0.4, -0.2) is 73.6 Å². The van der Waals surface area contributed by atoms with Gasteiger partial charge in [0.05, 0.1) is 24.5 Å². The molecule has 180 valence electrons. The van der Waals surface area contributed by atoms with E-state index in [2.05, 4.69) is 20.2 Å². The highest BCUT2D eigenvalue weighted by atomic mass is 16.5. The van der Waals surface area contributed by atoms with Gasteiger partial charge >= 0.3 is 0 Å². The first-order chi connectivity index (χ1) is 17.0. The summed E-state index contributed by atoms with van der Waals surface area (Å²) in [5, 5.41) is 2.88. The number of anilines is 1. The Bertz CT molecular complexity index is 1290. The molecule has 0 unspecified atom stereocenters. The van der Waals surface area contributed by atoms with Gasteiger partial charge in [-0.2, -0.15) is 0 Å². The maximum atomic E-state index is 12.6. The van der Waals surface area contributed by atoms with Gasteiger partial charge in [-0.1, -0.05) is 12.1 Å². The van der Waals surface area contributed by atoms with E-state index in [1.807, 2.05) is 48.6 Å². The maximum Gasteiger partial charge on any atom is 0.253 e. The van der Waals surface area contributed by atoms with Gasteiger partial charge in [-0.05, 0) is 42.0 Å². The van der Waals surface area contributed by atoms with Crippen LogP contribution in [0.1, 0.15) is 37.7 Å². The first kappa shape index (κ1) is 22.9. The Hall–Kier alpha value is -3.91. The molecular weight excluding hydrogens is 442 g/mol. The summed E-state index contributed by atoms with van der Waals surface area (Å²) in [5.74, 6) is -0.0542. The third kappa shape index (κ3) is 4.83. The molecule has 8 heteroatoms. The third-order valence-electron chi connectivity index (χ3n) is 6.37. The number of hydrogen-bond donors (Lipinski definition) is 2. The molecule has 0 aliphatic carbocycles. The zero-order valence-electron chi connectivity index (χ0n) is 20.0. The van der Waals surface area contributed by atoms with Gasteiger partial charge in [0.2, 0.25) is 0 Å². The number of ether oxygens (including phenoxy) is 1. The molecule has 2 aromatic heterocycles. The normalized spacial score (nSPS) is 15.7. The molecule has 0 saturated carbocycles. The number of H-pyrrole nitrogens is 1. The van der Waals surface area contributed by atoms with Crippen LogP contribution in [0.2, 0.25) is 0 Å². The number of fused-ring (bicyclic) bond motifs is 1. The SMILES string of the molecule is CN(C)C(=O)c1ccc(C=Cc2cc(-c3cc4c([nH]3)CCNC4=O)ccn2)c(N2CCOCC2)c1. The number of hydrogen-bond acceptors (Lipinski definition) is 5. The van der Waals surface area contributed by atoms with Gasteiger partial charge in [-0.3, -0.25) is 14.6 Å². The molecule has 4 heterocycles. The van der Waals surface area contributed by atoms with Crippen molar-refractivity contribution in [1.82, 2.24) is 20.2 Å². The largest absolute Gasteiger partial charge is 0.378 e. The van der Waals surface area contributed by atoms with Crippen LogP contribution in [-0.2, 0) is 11.2 Å². The Morgan fingerprint density at radius 3 is 2.71 bits per heavy atom. The second-order valence-electron chi connectivity index (χ2n) is 8.96. The van der Waals surface area contributed by atoms with E-state index in [0.29, 0.717) is 30.9 Å². The zero-order valence-corrected chi connectivity index (χ0v) is 20.0. The molecule has 1 fully saturated rings. The highest BCUT2D eigenvalue weighted by Gasteiger charge is 2.20. The van der Waals surface area contributed by atoms with Gasteiger partial charge < -0.3 is 24.8 Å². The summed E-state index contributed by atoms with van der Waals surface area (Å²) in [6.45, 7) is 3.53. The highest BCUT2D eigenvalue weighted by Crippen LogP contribution is 2.27. The summed E-state index contributed by atoms with van der Waals surface area (Å²) in [5.41, 5.74) is 7.06. The van der Waals surface area contributed by atoms with Crippen molar-refractivity contribution in [3.05, 3.63) is 70.7 Å². The molecule has 0 bridgehead atoms. The standard InChI is InChI=1S/C27H29N5O3/c1-31(2)27(34)20-4-3-18(25(16-20)32-11-13-35-14-12-32)5-6-21-15-19(7-9-28-21)24-17-22-23(30-24)8-10-29-26(22)33/h3-7,9,15-17,30H,8,10-14H2,1-2H3,(H,29,33). The van der Waals surface area contributed by atoms with Gasteiger partial charge in [-0.25, -0.2) is 0 Å². The number of amides is 2. The molecule has 2 aliphatic heterocycles. The van der Waals surface area contributed by atoms with Crippen molar-refractivity contribution in [3.63, 3.8) is 0 Å². The van der Waals surface area contributed by atoms with Crippen LogP contribution < -0.4 is 10.2 Å². The van der Waals surface area contributed by atoms with Crippen LogP contribution >= 0.6 is 0 Å². The van der Waals surface area contributed by atoms with Crippen LogP contribution in [0.15, 0.2) is 42.6 Å². The number of carbonyl (C=O) groups is 2. The number of nitrogens with zero attached hydrogens (tertiary/aromatic N) is 3. The Balaban J connectivity index is 1.44. The minimum atomic E-state index is -0.0326. The number of pyridine rings is 1. The van der Waals surface area contributed by atoms with E-state index < -0.39 is 0 Å². The highest BCUT2D eigenvalue weighted by molar-refractivity contribution is 5.98. The molecule has 2 N–H and O–H groups in total. The molecule has 8 nitrogen and oxygen atoms in total. The number of benzene rings is 1. The van der Waals surface area contributed by atoms with Crippen LogP contribution in [0.25, 0.3) is 23.4 Å². The smallest absolute Gasteiger partial charge is 0.253 e.